The molecule has 0 bridgehead atoms. The summed E-state index contributed by atoms with van der Waals surface area (Å²) in [5, 5.41) is 0. The highest BCUT2D eigenvalue weighted by molar-refractivity contribution is 5.76. The molecule has 0 aromatic carbocycles. The SMILES string of the molecule is C/C=C/Cn1c(=O)c2c(nc3n(CCN4CCOCC4)c(C)c(C)n23)n(C)c1=O. The Morgan fingerprint density at radius 2 is 1.79 bits per heavy atom. The zero-order valence-electron chi connectivity index (χ0n) is 17.5. The summed E-state index contributed by atoms with van der Waals surface area (Å²) in [5.74, 6) is 0.708. The summed E-state index contributed by atoms with van der Waals surface area (Å²) in [6.45, 7) is 11.2. The number of ether oxygens (including phenoxy) is 1. The van der Waals surface area contributed by atoms with Gasteiger partial charge >= 0.3 is 5.69 Å². The van der Waals surface area contributed by atoms with Gasteiger partial charge < -0.3 is 9.30 Å². The molecule has 9 nitrogen and oxygen atoms in total. The number of fused-ring (bicyclic) bond motifs is 3. The summed E-state index contributed by atoms with van der Waals surface area (Å²) in [5.41, 5.74) is 2.28. The van der Waals surface area contributed by atoms with Crippen molar-refractivity contribution in [2.75, 3.05) is 32.8 Å². The Balaban J connectivity index is 1.87. The fourth-order valence-corrected chi connectivity index (χ4v) is 4.02. The number of hydrogen-bond acceptors (Lipinski definition) is 5. The zero-order valence-corrected chi connectivity index (χ0v) is 17.5. The van der Waals surface area contributed by atoms with Gasteiger partial charge in [0.15, 0.2) is 11.2 Å². The van der Waals surface area contributed by atoms with Crippen molar-refractivity contribution in [2.24, 2.45) is 7.05 Å². The molecule has 0 spiro atoms. The predicted octanol–water partition coefficient (Wildman–Crippen LogP) is 0.675. The average Bonchev–Trinajstić information content (AvgIpc) is 3.22. The van der Waals surface area contributed by atoms with Crippen LogP contribution in [0.2, 0.25) is 0 Å². The van der Waals surface area contributed by atoms with Crippen LogP contribution in [0, 0.1) is 13.8 Å². The summed E-state index contributed by atoms with van der Waals surface area (Å²) >= 11 is 0. The molecule has 0 unspecified atom stereocenters. The molecular formula is C20H28N6O3. The van der Waals surface area contributed by atoms with Gasteiger partial charge in [-0.15, -0.1) is 0 Å². The third-order valence-electron chi connectivity index (χ3n) is 5.90. The first kappa shape index (κ1) is 19.7. The number of morpholine rings is 1. The van der Waals surface area contributed by atoms with E-state index < -0.39 is 0 Å². The van der Waals surface area contributed by atoms with Gasteiger partial charge in [-0.25, -0.2) is 4.79 Å². The number of hydrogen-bond donors (Lipinski definition) is 0. The number of nitrogens with zero attached hydrogens (tertiary/aromatic N) is 6. The van der Waals surface area contributed by atoms with E-state index in [1.807, 2.05) is 24.3 Å². The van der Waals surface area contributed by atoms with E-state index >= 15 is 0 Å². The lowest BCUT2D eigenvalue weighted by molar-refractivity contribution is 0.0364. The van der Waals surface area contributed by atoms with E-state index in [1.165, 1.54) is 9.13 Å². The van der Waals surface area contributed by atoms with Gasteiger partial charge in [0.05, 0.1) is 13.2 Å². The second-order valence-corrected chi connectivity index (χ2v) is 7.52. The van der Waals surface area contributed by atoms with E-state index in [1.54, 1.807) is 13.1 Å². The van der Waals surface area contributed by atoms with Gasteiger partial charge in [-0.1, -0.05) is 12.2 Å². The lowest BCUT2D eigenvalue weighted by Gasteiger charge is -2.26. The van der Waals surface area contributed by atoms with Crippen LogP contribution in [0.25, 0.3) is 16.9 Å². The molecule has 29 heavy (non-hydrogen) atoms. The molecular weight excluding hydrogens is 372 g/mol. The maximum Gasteiger partial charge on any atom is 0.332 e. The van der Waals surface area contributed by atoms with Crippen molar-refractivity contribution in [3.8, 4) is 0 Å². The minimum atomic E-state index is -0.351. The summed E-state index contributed by atoms with van der Waals surface area (Å²) < 4.78 is 12.2. The first-order valence-electron chi connectivity index (χ1n) is 10.0. The molecule has 1 aliphatic heterocycles. The van der Waals surface area contributed by atoms with Crippen LogP contribution in [0.1, 0.15) is 18.3 Å². The van der Waals surface area contributed by atoms with Gasteiger partial charge in [0.25, 0.3) is 5.56 Å². The molecule has 3 aromatic heterocycles. The fraction of sp³-hybridized carbons (Fsp3) is 0.550. The van der Waals surface area contributed by atoms with Crippen LogP contribution in [0.3, 0.4) is 0 Å². The van der Waals surface area contributed by atoms with E-state index in [-0.39, 0.29) is 17.8 Å². The van der Waals surface area contributed by atoms with Crippen LogP contribution in [0.15, 0.2) is 21.7 Å². The van der Waals surface area contributed by atoms with E-state index in [0.29, 0.717) is 16.9 Å². The molecule has 156 valence electrons. The molecule has 1 fully saturated rings. The minimum absolute atomic E-state index is 0.251. The van der Waals surface area contributed by atoms with Crippen LogP contribution in [-0.4, -0.2) is 60.8 Å². The normalized spacial score (nSPS) is 16.0. The van der Waals surface area contributed by atoms with Gasteiger partial charge in [0.1, 0.15) is 0 Å². The minimum Gasteiger partial charge on any atom is -0.379 e. The molecule has 1 saturated heterocycles. The lowest BCUT2D eigenvalue weighted by Crippen LogP contribution is -2.39. The summed E-state index contributed by atoms with van der Waals surface area (Å²) in [7, 11) is 1.67. The van der Waals surface area contributed by atoms with Crippen molar-refractivity contribution >= 4 is 16.9 Å². The Morgan fingerprint density at radius 1 is 1.07 bits per heavy atom. The van der Waals surface area contributed by atoms with Crippen molar-refractivity contribution in [3.05, 3.63) is 44.4 Å². The quantitative estimate of drug-likeness (QED) is 0.589. The molecule has 9 heteroatoms. The summed E-state index contributed by atoms with van der Waals surface area (Å²) in [6.07, 6.45) is 3.64. The van der Waals surface area contributed by atoms with Crippen molar-refractivity contribution in [3.63, 3.8) is 0 Å². The zero-order chi connectivity index (χ0) is 20.7. The average molecular weight is 400 g/mol. The van der Waals surface area contributed by atoms with Gasteiger partial charge in [0, 0.05) is 51.2 Å². The molecule has 0 radical (unpaired) electrons. The maximum absolute atomic E-state index is 13.2. The van der Waals surface area contributed by atoms with Crippen molar-refractivity contribution in [1.29, 1.82) is 0 Å². The molecule has 4 rings (SSSR count). The first-order valence-corrected chi connectivity index (χ1v) is 10.0. The molecule has 1 aliphatic rings. The highest BCUT2D eigenvalue weighted by atomic mass is 16.5. The summed E-state index contributed by atoms with van der Waals surface area (Å²) in [4.78, 5) is 33.0. The van der Waals surface area contributed by atoms with Crippen molar-refractivity contribution < 1.29 is 4.74 Å². The second kappa shape index (κ2) is 7.64. The van der Waals surface area contributed by atoms with Crippen LogP contribution < -0.4 is 11.2 Å². The van der Waals surface area contributed by atoms with Gasteiger partial charge in [-0.2, -0.15) is 4.98 Å². The largest absolute Gasteiger partial charge is 0.379 e. The van der Waals surface area contributed by atoms with Gasteiger partial charge in [-0.3, -0.25) is 23.2 Å². The molecule has 0 N–H and O–H groups in total. The van der Waals surface area contributed by atoms with Crippen molar-refractivity contribution in [2.45, 2.75) is 33.9 Å². The Morgan fingerprint density at radius 3 is 2.48 bits per heavy atom. The van der Waals surface area contributed by atoms with Crippen LogP contribution >= 0.6 is 0 Å². The first-order chi connectivity index (χ1) is 14.0. The molecule has 0 aliphatic carbocycles. The third kappa shape index (κ3) is 3.14. The molecule has 3 aromatic rings. The predicted molar refractivity (Wildman–Crippen MR) is 112 cm³/mol. The number of aryl methyl sites for hydroxylation is 2. The standard InChI is InChI=1S/C20H28N6O3/c1-5-6-7-25-18(27)16-17(22(4)20(25)28)21-19-24(14(2)15(3)26(16)19)9-8-23-10-12-29-13-11-23/h5-6H,7-13H2,1-4H3/b6-5+. The smallest absolute Gasteiger partial charge is 0.332 e. The van der Waals surface area contributed by atoms with E-state index in [2.05, 4.69) is 16.4 Å². The van der Waals surface area contributed by atoms with Crippen molar-refractivity contribution in [1.82, 2.24) is 28.0 Å². The molecule has 0 atom stereocenters. The highest BCUT2D eigenvalue weighted by Gasteiger charge is 2.22. The molecule has 0 amide bonds. The number of imidazole rings is 2. The topological polar surface area (TPSA) is 78.7 Å². The van der Waals surface area contributed by atoms with E-state index in [0.717, 1.165) is 50.8 Å². The van der Waals surface area contributed by atoms with Gasteiger partial charge in [0.2, 0.25) is 5.78 Å². The lowest BCUT2D eigenvalue weighted by atomic mass is 10.3. The summed E-state index contributed by atoms with van der Waals surface area (Å²) in [6, 6.07) is 0. The van der Waals surface area contributed by atoms with E-state index in [4.69, 9.17) is 9.72 Å². The Labute approximate surface area is 168 Å². The van der Waals surface area contributed by atoms with Crippen LogP contribution in [0.5, 0.6) is 0 Å². The van der Waals surface area contributed by atoms with Crippen LogP contribution in [-0.2, 0) is 24.9 Å². The molecule has 4 heterocycles. The Hall–Kier alpha value is -2.65. The Bertz CT molecular complexity index is 1200. The number of rotatable bonds is 5. The van der Waals surface area contributed by atoms with E-state index in [9.17, 15) is 9.59 Å². The maximum atomic E-state index is 13.2. The number of aromatic nitrogens is 5. The second-order valence-electron chi connectivity index (χ2n) is 7.52. The van der Waals surface area contributed by atoms with Crippen LogP contribution in [0.4, 0.5) is 0 Å². The molecule has 0 saturated carbocycles. The Kier molecular flexibility index (Phi) is 5.18. The third-order valence-corrected chi connectivity index (χ3v) is 5.90. The fourth-order valence-electron chi connectivity index (χ4n) is 4.02. The number of allylic oxidation sites excluding steroid dienone is 2. The highest BCUT2D eigenvalue weighted by Crippen LogP contribution is 2.20. The van der Waals surface area contributed by atoms with Gasteiger partial charge in [-0.05, 0) is 20.8 Å². The monoisotopic (exact) mass is 400 g/mol.